The van der Waals surface area contributed by atoms with Crippen LogP contribution in [0.3, 0.4) is 0 Å². The SMILES string of the molecule is CN(C(=O)Nc1ccccc1)c1ccc2c(c1)nc1n2CCOC1. The van der Waals surface area contributed by atoms with Crippen LogP contribution in [-0.4, -0.2) is 29.2 Å². The number of benzene rings is 2. The number of para-hydroxylation sites is 1. The zero-order valence-corrected chi connectivity index (χ0v) is 13.4. The van der Waals surface area contributed by atoms with E-state index in [-0.39, 0.29) is 6.03 Å². The van der Waals surface area contributed by atoms with Gasteiger partial charge in [0.15, 0.2) is 0 Å². The van der Waals surface area contributed by atoms with E-state index in [4.69, 9.17) is 4.74 Å². The van der Waals surface area contributed by atoms with Crippen LogP contribution in [0.4, 0.5) is 16.2 Å². The smallest absolute Gasteiger partial charge is 0.326 e. The first-order valence-corrected chi connectivity index (χ1v) is 7.89. The summed E-state index contributed by atoms with van der Waals surface area (Å²) in [7, 11) is 1.75. The van der Waals surface area contributed by atoms with Gasteiger partial charge in [0, 0.05) is 25.0 Å². The Labute approximate surface area is 139 Å². The van der Waals surface area contributed by atoms with Crippen molar-refractivity contribution in [3.8, 4) is 0 Å². The number of anilines is 2. The van der Waals surface area contributed by atoms with Gasteiger partial charge in [-0.2, -0.15) is 0 Å². The Balaban J connectivity index is 1.60. The fourth-order valence-corrected chi connectivity index (χ4v) is 2.90. The van der Waals surface area contributed by atoms with Crippen molar-refractivity contribution in [2.75, 3.05) is 23.9 Å². The van der Waals surface area contributed by atoms with Gasteiger partial charge in [0.2, 0.25) is 0 Å². The number of imidazole rings is 1. The number of nitrogens with one attached hydrogen (secondary N) is 1. The number of aromatic nitrogens is 2. The Kier molecular flexibility index (Phi) is 3.66. The van der Waals surface area contributed by atoms with Crippen LogP contribution in [0.25, 0.3) is 11.0 Å². The topological polar surface area (TPSA) is 59.4 Å². The Morgan fingerprint density at radius 3 is 2.92 bits per heavy atom. The third kappa shape index (κ3) is 2.61. The molecule has 3 aromatic rings. The summed E-state index contributed by atoms with van der Waals surface area (Å²) in [5, 5.41) is 2.88. The number of amides is 2. The van der Waals surface area contributed by atoms with Gasteiger partial charge in [0.25, 0.3) is 0 Å². The summed E-state index contributed by atoms with van der Waals surface area (Å²) in [5.41, 5.74) is 3.53. The average molecular weight is 322 g/mol. The Morgan fingerprint density at radius 2 is 2.08 bits per heavy atom. The molecule has 24 heavy (non-hydrogen) atoms. The summed E-state index contributed by atoms with van der Waals surface area (Å²) < 4.78 is 7.62. The maximum absolute atomic E-state index is 12.4. The van der Waals surface area contributed by atoms with E-state index in [1.807, 2.05) is 48.5 Å². The number of urea groups is 1. The molecule has 0 saturated heterocycles. The molecule has 0 aliphatic carbocycles. The molecule has 0 radical (unpaired) electrons. The Hall–Kier alpha value is -2.86. The number of fused-ring (bicyclic) bond motifs is 3. The van der Waals surface area contributed by atoms with Crippen LogP contribution in [0.5, 0.6) is 0 Å². The summed E-state index contributed by atoms with van der Waals surface area (Å²) in [6.07, 6.45) is 0. The molecule has 4 rings (SSSR count). The number of hydrogen-bond donors (Lipinski definition) is 1. The molecule has 0 fully saturated rings. The van der Waals surface area contributed by atoms with Crippen LogP contribution in [0.15, 0.2) is 48.5 Å². The fourth-order valence-electron chi connectivity index (χ4n) is 2.90. The van der Waals surface area contributed by atoms with Crippen molar-refractivity contribution in [1.82, 2.24) is 9.55 Å². The highest BCUT2D eigenvalue weighted by molar-refractivity contribution is 6.02. The summed E-state index contributed by atoms with van der Waals surface area (Å²) >= 11 is 0. The van der Waals surface area contributed by atoms with Crippen molar-refractivity contribution in [1.29, 1.82) is 0 Å². The first-order valence-electron chi connectivity index (χ1n) is 7.89. The minimum atomic E-state index is -0.187. The van der Waals surface area contributed by atoms with Crippen molar-refractivity contribution in [2.24, 2.45) is 0 Å². The van der Waals surface area contributed by atoms with Gasteiger partial charge in [-0.25, -0.2) is 9.78 Å². The standard InChI is InChI=1S/C18H18N4O2/c1-21(18(23)19-13-5-3-2-4-6-13)14-7-8-16-15(11-14)20-17-12-24-10-9-22(16)17/h2-8,11H,9-10,12H2,1H3,(H,19,23). The van der Waals surface area contributed by atoms with E-state index in [0.717, 1.165) is 34.8 Å². The maximum atomic E-state index is 12.4. The summed E-state index contributed by atoms with van der Waals surface area (Å²) in [6, 6.07) is 15.1. The predicted octanol–water partition coefficient (Wildman–Crippen LogP) is 3.23. The number of carbonyl (C=O) groups excluding carboxylic acids is 1. The zero-order valence-electron chi connectivity index (χ0n) is 13.4. The number of hydrogen-bond acceptors (Lipinski definition) is 3. The van der Waals surface area contributed by atoms with E-state index in [1.54, 1.807) is 11.9 Å². The van der Waals surface area contributed by atoms with Gasteiger partial charge in [-0.15, -0.1) is 0 Å². The summed E-state index contributed by atoms with van der Waals surface area (Å²) in [6.45, 7) is 2.06. The fraction of sp³-hybridized carbons (Fsp3) is 0.222. The molecule has 6 nitrogen and oxygen atoms in total. The normalized spacial score (nSPS) is 13.5. The molecule has 1 aliphatic heterocycles. The van der Waals surface area contributed by atoms with Crippen LogP contribution >= 0.6 is 0 Å². The van der Waals surface area contributed by atoms with Crippen molar-refractivity contribution < 1.29 is 9.53 Å². The first kappa shape index (κ1) is 14.7. The largest absolute Gasteiger partial charge is 0.372 e. The third-order valence-corrected chi connectivity index (χ3v) is 4.22. The zero-order chi connectivity index (χ0) is 16.5. The minimum Gasteiger partial charge on any atom is -0.372 e. The molecule has 0 atom stereocenters. The molecule has 2 heterocycles. The second-order valence-electron chi connectivity index (χ2n) is 5.76. The molecule has 1 N–H and O–H groups in total. The second kappa shape index (κ2) is 5.98. The number of carbonyl (C=O) groups is 1. The molecule has 2 aromatic carbocycles. The third-order valence-electron chi connectivity index (χ3n) is 4.22. The van der Waals surface area contributed by atoms with E-state index < -0.39 is 0 Å². The second-order valence-corrected chi connectivity index (χ2v) is 5.76. The van der Waals surface area contributed by atoms with Crippen LogP contribution in [0.2, 0.25) is 0 Å². The Morgan fingerprint density at radius 1 is 1.25 bits per heavy atom. The van der Waals surface area contributed by atoms with Crippen LogP contribution < -0.4 is 10.2 Å². The molecule has 6 heteroatoms. The van der Waals surface area contributed by atoms with Crippen LogP contribution in [0.1, 0.15) is 5.82 Å². The van der Waals surface area contributed by atoms with Crippen LogP contribution in [0, 0.1) is 0 Å². The molecule has 1 aromatic heterocycles. The van der Waals surface area contributed by atoms with Crippen molar-refractivity contribution in [2.45, 2.75) is 13.2 Å². The van der Waals surface area contributed by atoms with E-state index in [0.29, 0.717) is 13.2 Å². The van der Waals surface area contributed by atoms with Gasteiger partial charge in [-0.1, -0.05) is 18.2 Å². The maximum Gasteiger partial charge on any atom is 0.326 e. The molecule has 0 bridgehead atoms. The monoisotopic (exact) mass is 322 g/mol. The summed E-state index contributed by atoms with van der Waals surface area (Å²) in [5.74, 6) is 0.935. The lowest BCUT2D eigenvalue weighted by Crippen LogP contribution is -2.31. The lowest BCUT2D eigenvalue weighted by atomic mass is 10.2. The lowest BCUT2D eigenvalue weighted by molar-refractivity contribution is 0.0830. The summed E-state index contributed by atoms with van der Waals surface area (Å²) in [4.78, 5) is 18.6. The molecule has 0 spiro atoms. The number of rotatable bonds is 2. The van der Waals surface area contributed by atoms with Gasteiger partial charge in [0.1, 0.15) is 12.4 Å². The van der Waals surface area contributed by atoms with Gasteiger partial charge >= 0.3 is 6.03 Å². The molecular weight excluding hydrogens is 304 g/mol. The predicted molar refractivity (Wildman–Crippen MR) is 93.3 cm³/mol. The van der Waals surface area contributed by atoms with Gasteiger partial charge in [-0.05, 0) is 30.3 Å². The molecule has 0 saturated carbocycles. The average Bonchev–Trinajstić information content (AvgIpc) is 2.99. The highest BCUT2D eigenvalue weighted by atomic mass is 16.5. The quantitative estimate of drug-likeness (QED) is 0.788. The minimum absolute atomic E-state index is 0.187. The molecule has 1 aliphatic rings. The number of nitrogens with zero attached hydrogens (tertiary/aromatic N) is 3. The molecule has 122 valence electrons. The molecular formula is C18H18N4O2. The van der Waals surface area contributed by atoms with Crippen LogP contribution in [-0.2, 0) is 17.9 Å². The van der Waals surface area contributed by atoms with E-state index in [9.17, 15) is 4.79 Å². The van der Waals surface area contributed by atoms with E-state index in [1.165, 1.54) is 0 Å². The van der Waals surface area contributed by atoms with Crippen molar-refractivity contribution in [3.63, 3.8) is 0 Å². The van der Waals surface area contributed by atoms with Gasteiger partial charge in [-0.3, -0.25) is 4.90 Å². The van der Waals surface area contributed by atoms with E-state index >= 15 is 0 Å². The van der Waals surface area contributed by atoms with Crippen molar-refractivity contribution in [3.05, 3.63) is 54.4 Å². The van der Waals surface area contributed by atoms with Gasteiger partial charge < -0.3 is 14.6 Å². The number of ether oxygens (including phenoxy) is 1. The molecule has 0 unspecified atom stereocenters. The molecule has 2 amide bonds. The first-order chi connectivity index (χ1) is 11.7. The van der Waals surface area contributed by atoms with Gasteiger partial charge in [0.05, 0.1) is 17.6 Å². The van der Waals surface area contributed by atoms with Crippen molar-refractivity contribution >= 4 is 28.4 Å². The Bertz CT molecular complexity index is 889. The highest BCUT2D eigenvalue weighted by Crippen LogP contribution is 2.24. The lowest BCUT2D eigenvalue weighted by Gasteiger charge is -2.18. The highest BCUT2D eigenvalue weighted by Gasteiger charge is 2.17. The van der Waals surface area contributed by atoms with E-state index in [2.05, 4.69) is 14.9 Å².